The standard InChI is InChI=1S/C28H39N3O5/c1-9-13-20-17-21(14-10-2)19-22(18-20)30-24(32)23(31-26(34)36-28(6,7)8)15-11-12-16-29-25(33)35-27(3,4)5/h17-19,23H,11-12,15-16H2,1-8H3,(H,29,33)(H,30,32)(H,31,34). The lowest BCUT2D eigenvalue weighted by Crippen LogP contribution is -2.45. The van der Waals surface area contributed by atoms with Crippen LogP contribution in [0.2, 0.25) is 0 Å². The van der Waals surface area contributed by atoms with Crippen molar-refractivity contribution in [1.29, 1.82) is 0 Å². The molecular weight excluding hydrogens is 458 g/mol. The van der Waals surface area contributed by atoms with Gasteiger partial charge in [0.05, 0.1) is 0 Å². The van der Waals surface area contributed by atoms with Crippen LogP contribution in [-0.2, 0) is 14.3 Å². The van der Waals surface area contributed by atoms with Crippen molar-refractivity contribution in [3.8, 4) is 23.7 Å². The highest BCUT2D eigenvalue weighted by Crippen LogP contribution is 2.16. The number of hydrogen-bond acceptors (Lipinski definition) is 5. The van der Waals surface area contributed by atoms with Crippen molar-refractivity contribution in [3.05, 3.63) is 29.3 Å². The molecule has 0 saturated carbocycles. The molecule has 0 aliphatic rings. The highest BCUT2D eigenvalue weighted by atomic mass is 16.6. The lowest BCUT2D eigenvalue weighted by atomic mass is 10.1. The minimum Gasteiger partial charge on any atom is -0.444 e. The normalized spacial score (nSPS) is 11.6. The maximum absolute atomic E-state index is 13.1. The number of alkyl carbamates (subject to hydrolysis) is 2. The molecule has 0 saturated heterocycles. The molecule has 0 fully saturated rings. The molecule has 0 aliphatic heterocycles. The summed E-state index contributed by atoms with van der Waals surface area (Å²) in [7, 11) is 0. The number of carbonyl (C=O) groups excluding carboxylic acids is 3. The lowest BCUT2D eigenvalue weighted by Gasteiger charge is -2.23. The van der Waals surface area contributed by atoms with Gasteiger partial charge in [0.15, 0.2) is 0 Å². The lowest BCUT2D eigenvalue weighted by molar-refractivity contribution is -0.118. The third-order valence-electron chi connectivity index (χ3n) is 4.33. The fourth-order valence-electron chi connectivity index (χ4n) is 3.06. The molecule has 1 atom stereocenters. The van der Waals surface area contributed by atoms with Crippen LogP contribution >= 0.6 is 0 Å². The van der Waals surface area contributed by atoms with Crippen molar-refractivity contribution < 1.29 is 23.9 Å². The Balaban J connectivity index is 2.89. The van der Waals surface area contributed by atoms with E-state index in [0.29, 0.717) is 31.5 Å². The molecule has 3 N–H and O–H groups in total. The molecule has 0 aromatic heterocycles. The molecule has 0 bridgehead atoms. The Hall–Kier alpha value is -3.65. The molecule has 8 heteroatoms. The van der Waals surface area contributed by atoms with E-state index in [1.807, 2.05) is 6.07 Å². The number of rotatable bonds is 8. The summed E-state index contributed by atoms with van der Waals surface area (Å²) in [5, 5.41) is 8.21. The SMILES string of the molecule is CC#Cc1cc(C#CC)cc(NC(=O)C(CCCCNC(=O)OC(C)(C)C)NC(=O)OC(C)(C)C)c1. The summed E-state index contributed by atoms with van der Waals surface area (Å²) < 4.78 is 10.6. The van der Waals surface area contributed by atoms with Crippen molar-refractivity contribution in [2.24, 2.45) is 0 Å². The van der Waals surface area contributed by atoms with E-state index in [-0.39, 0.29) is 0 Å². The summed E-state index contributed by atoms with van der Waals surface area (Å²) >= 11 is 0. The fourth-order valence-corrected chi connectivity index (χ4v) is 3.06. The number of unbranched alkanes of at least 4 members (excludes halogenated alkanes) is 1. The summed E-state index contributed by atoms with van der Waals surface area (Å²) in [5.74, 6) is 11.2. The molecule has 36 heavy (non-hydrogen) atoms. The third-order valence-corrected chi connectivity index (χ3v) is 4.33. The maximum Gasteiger partial charge on any atom is 0.408 e. The van der Waals surface area contributed by atoms with Gasteiger partial charge in [-0.1, -0.05) is 11.8 Å². The van der Waals surface area contributed by atoms with Crippen LogP contribution in [0.1, 0.15) is 85.8 Å². The smallest absolute Gasteiger partial charge is 0.408 e. The number of benzene rings is 1. The molecule has 0 heterocycles. The van der Waals surface area contributed by atoms with Gasteiger partial charge in [0, 0.05) is 23.4 Å². The minimum atomic E-state index is -0.844. The van der Waals surface area contributed by atoms with E-state index in [1.165, 1.54) is 0 Å². The van der Waals surface area contributed by atoms with Gasteiger partial charge in [-0.2, -0.15) is 0 Å². The second-order valence-corrected chi connectivity index (χ2v) is 10.2. The zero-order valence-electron chi connectivity index (χ0n) is 22.7. The third kappa shape index (κ3) is 13.3. The number of anilines is 1. The first-order chi connectivity index (χ1) is 16.7. The predicted octanol–water partition coefficient (Wildman–Crippen LogP) is 4.96. The Morgan fingerprint density at radius 2 is 1.36 bits per heavy atom. The van der Waals surface area contributed by atoms with Crippen LogP contribution in [0.3, 0.4) is 0 Å². The molecule has 1 aromatic carbocycles. The number of nitrogens with one attached hydrogen (secondary N) is 3. The van der Waals surface area contributed by atoms with Crippen LogP contribution in [0.25, 0.3) is 0 Å². The number of hydrogen-bond donors (Lipinski definition) is 3. The summed E-state index contributed by atoms with van der Waals surface area (Å²) in [4.78, 5) is 37.3. The first-order valence-electron chi connectivity index (χ1n) is 12.0. The second kappa shape index (κ2) is 14.0. The van der Waals surface area contributed by atoms with Crippen molar-refractivity contribution in [2.75, 3.05) is 11.9 Å². The Morgan fingerprint density at radius 1 is 0.833 bits per heavy atom. The zero-order chi connectivity index (χ0) is 27.4. The van der Waals surface area contributed by atoms with Crippen molar-refractivity contribution >= 4 is 23.8 Å². The second-order valence-electron chi connectivity index (χ2n) is 10.2. The van der Waals surface area contributed by atoms with Crippen LogP contribution in [0.4, 0.5) is 15.3 Å². The van der Waals surface area contributed by atoms with Crippen LogP contribution in [0, 0.1) is 23.7 Å². The van der Waals surface area contributed by atoms with Gasteiger partial charge in [-0.05, 0) is 92.9 Å². The minimum absolute atomic E-state index is 0.344. The number of amides is 3. The van der Waals surface area contributed by atoms with Crippen molar-refractivity contribution in [1.82, 2.24) is 10.6 Å². The average molecular weight is 498 g/mol. The van der Waals surface area contributed by atoms with E-state index in [9.17, 15) is 14.4 Å². The van der Waals surface area contributed by atoms with Gasteiger partial charge < -0.3 is 25.4 Å². The maximum atomic E-state index is 13.1. The first kappa shape index (κ1) is 30.4. The van der Waals surface area contributed by atoms with E-state index >= 15 is 0 Å². The van der Waals surface area contributed by atoms with E-state index < -0.39 is 35.3 Å². The van der Waals surface area contributed by atoms with E-state index in [1.54, 1.807) is 67.5 Å². The van der Waals surface area contributed by atoms with E-state index in [4.69, 9.17) is 9.47 Å². The Bertz CT molecular complexity index is 1010. The molecule has 0 radical (unpaired) electrons. The number of ether oxygens (including phenoxy) is 2. The summed E-state index contributed by atoms with van der Waals surface area (Å²) in [6, 6.07) is 4.51. The molecular formula is C28H39N3O5. The van der Waals surface area contributed by atoms with E-state index in [0.717, 1.165) is 11.1 Å². The van der Waals surface area contributed by atoms with Gasteiger partial charge in [-0.3, -0.25) is 4.79 Å². The molecule has 0 spiro atoms. The quantitative estimate of drug-likeness (QED) is 0.348. The monoisotopic (exact) mass is 497 g/mol. The van der Waals surface area contributed by atoms with Gasteiger partial charge in [-0.25, -0.2) is 9.59 Å². The molecule has 0 aliphatic carbocycles. The molecule has 8 nitrogen and oxygen atoms in total. The highest BCUT2D eigenvalue weighted by Gasteiger charge is 2.24. The van der Waals surface area contributed by atoms with Gasteiger partial charge in [-0.15, -0.1) is 11.8 Å². The first-order valence-corrected chi connectivity index (χ1v) is 12.0. The summed E-state index contributed by atoms with van der Waals surface area (Å²) in [6.07, 6.45) is 0.327. The largest absolute Gasteiger partial charge is 0.444 e. The van der Waals surface area contributed by atoms with Gasteiger partial charge in [0.25, 0.3) is 0 Å². The molecule has 1 rings (SSSR count). The number of carbonyl (C=O) groups is 3. The van der Waals surface area contributed by atoms with Crippen molar-refractivity contribution in [3.63, 3.8) is 0 Å². The van der Waals surface area contributed by atoms with Crippen LogP contribution < -0.4 is 16.0 Å². The molecule has 1 unspecified atom stereocenters. The molecule has 1 aromatic rings. The average Bonchev–Trinajstić information content (AvgIpc) is 2.70. The van der Waals surface area contributed by atoms with Crippen LogP contribution in [0.5, 0.6) is 0 Å². The Kier molecular flexibility index (Phi) is 11.8. The summed E-state index contributed by atoms with van der Waals surface area (Å²) in [6.45, 7) is 14.5. The van der Waals surface area contributed by atoms with Gasteiger partial charge in [0.1, 0.15) is 17.2 Å². The van der Waals surface area contributed by atoms with Gasteiger partial charge >= 0.3 is 12.2 Å². The summed E-state index contributed by atoms with van der Waals surface area (Å²) in [5.41, 5.74) is 0.688. The Morgan fingerprint density at radius 3 is 1.86 bits per heavy atom. The van der Waals surface area contributed by atoms with Crippen molar-refractivity contribution in [2.45, 2.75) is 91.9 Å². The van der Waals surface area contributed by atoms with Crippen LogP contribution in [-0.4, -0.2) is 41.9 Å². The Labute approximate surface area is 215 Å². The van der Waals surface area contributed by atoms with Gasteiger partial charge in [0.2, 0.25) is 5.91 Å². The van der Waals surface area contributed by atoms with E-state index in [2.05, 4.69) is 39.6 Å². The highest BCUT2D eigenvalue weighted by molar-refractivity contribution is 5.96. The predicted molar refractivity (Wildman–Crippen MR) is 141 cm³/mol. The molecule has 196 valence electrons. The molecule has 3 amide bonds. The fraction of sp³-hybridized carbons (Fsp3) is 0.536. The topological polar surface area (TPSA) is 106 Å². The van der Waals surface area contributed by atoms with Crippen LogP contribution in [0.15, 0.2) is 18.2 Å². The zero-order valence-corrected chi connectivity index (χ0v) is 22.7.